The number of carbonyl (C=O) groups excluding carboxylic acids is 2. The van der Waals surface area contributed by atoms with Gasteiger partial charge in [-0.05, 0) is 31.9 Å². The van der Waals surface area contributed by atoms with Crippen molar-refractivity contribution in [2.45, 2.75) is 26.3 Å². The lowest BCUT2D eigenvalue weighted by Gasteiger charge is -2.16. The number of carbonyl (C=O) groups is 2. The van der Waals surface area contributed by atoms with Gasteiger partial charge in [-0.3, -0.25) is 14.3 Å². The summed E-state index contributed by atoms with van der Waals surface area (Å²) in [5.41, 5.74) is 4.11. The van der Waals surface area contributed by atoms with E-state index in [-0.39, 0.29) is 0 Å². The van der Waals surface area contributed by atoms with Crippen molar-refractivity contribution in [1.82, 2.24) is 15.0 Å². The van der Waals surface area contributed by atoms with Crippen molar-refractivity contribution in [1.29, 1.82) is 0 Å². The molecule has 0 aliphatic carbocycles. The molecule has 0 unspecified atom stereocenters. The van der Waals surface area contributed by atoms with Gasteiger partial charge in [-0.1, -0.05) is 47.2 Å². The van der Waals surface area contributed by atoms with Crippen LogP contribution in [0, 0.1) is 6.92 Å². The predicted octanol–water partition coefficient (Wildman–Crippen LogP) is 3.26. The standard InChI is InChI=1S/C21H20N4O2/c1-15-9-10-19-17(13-15)20(26)21(27)25(19)12-6-5-11-24-14-18(22-23-24)16-7-3-2-4-8-16/h2-4,7-10,13-14H,5-6,11-12H2,1H3. The van der Waals surface area contributed by atoms with Gasteiger partial charge in [0.1, 0.15) is 5.69 Å². The van der Waals surface area contributed by atoms with Crippen LogP contribution < -0.4 is 4.90 Å². The second-order valence-corrected chi connectivity index (χ2v) is 6.75. The van der Waals surface area contributed by atoms with Gasteiger partial charge in [0.2, 0.25) is 0 Å². The Kier molecular flexibility index (Phi) is 4.54. The normalized spacial score (nSPS) is 13.3. The lowest BCUT2D eigenvalue weighted by atomic mass is 10.1. The van der Waals surface area contributed by atoms with Crippen LogP contribution in [0.4, 0.5) is 5.69 Å². The maximum atomic E-state index is 12.2. The lowest BCUT2D eigenvalue weighted by molar-refractivity contribution is -0.114. The van der Waals surface area contributed by atoms with Gasteiger partial charge in [0.25, 0.3) is 11.7 Å². The van der Waals surface area contributed by atoms with Crippen LogP contribution in [0.15, 0.2) is 54.7 Å². The van der Waals surface area contributed by atoms with Crippen molar-refractivity contribution < 1.29 is 9.59 Å². The molecule has 136 valence electrons. The second-order valence-electron chi connectivity index (χ2n) is 6.75. The minimum Gasteiger partial charge on any atom is -0.305 e. The average Bonchev–Trinajstić information content (AvgIpc) is 3.25. The van der Waals surface area contributed by atoms with E-state index in [2.05, 4.69) is 10.3 Å². The van der Waals surface area contributed by atoms with Gasteiger partial charge in [0.05, 0.1) is 17.4 Å². The Hall–Kier alpha value is -3.28. The highest BCUT2D eigenvalue weighted by atomic mass is 16.2. The van der Waals surface area contributed by atoms with Crippen LogP contribution in [0.2, 0.25) is 0 Å². The summed E-state index contributed by atoms with van der Waals surface area (Å²) in [6.45, 7) is 3.17. The molecule has 0 spiro atoms. The van der Waals surface area contributed by atoms with Crippen LogP contribution in [0.1, 0.15) is 28.8 Å². The third-order valence-corrected chi connectivity index (χ3v) is 4.75. The van der Waals surface area contributed by atoms with Crippen LogP contribution in [0.3, 0.4) is 0 Å². The van der Waals surface area contributed by atoms with Gasteiger partial charge in [0.15, 0.2) is 0 Å². The Labute approximate surface area is 157 Å². The molecule has 1 aliphatic rings. The molecular weight excluding hydrogens is 340 g/mol. The van der Waals surface area contributed by atoms with Gasteiger partial charge in [-0.2, -0.15) is 0 Å². The first-order chi connectivity index (χ1) is 13.1. The third kappa shape index (κ3) is 3.38. The minimum absolute atomic E-state index is 0.405. The summed E-state index contributed by atoms with van der Waals surface area (Å²) in [6.07, 6.45) is 3.56. The van der Waals surface area contributed by atoms with Crippen LogP contribution in [0.25, 0.3) is 11.3 Å². The Bertz CT molecular complexity index is 994. The molecule has 3 aromatic rings. The SMILES string of the molecule is Cc1ccc2c(c1)C(=O)C(=O)N2CCCCn1cc(-c2ccccc2)nn1. The summed E-state index contributed by atoms with van der Waals surface area (Å²) in [7, 11) is 0. The number of nitrogens with zero attached hydrogens (tertiary/aromatic N) is 4. The van der Waals surface area contributed by atoms with Crippen molar-refractivity contribution in [3.63, 3.8) is 0 Å². The number of benzene rings is 2. The molecule has 0 radical (unpaired) electrons. The predicted molar refractivity (Wildman–Crippen MR) is 103 cm³/mol. The second kappa shape index (κ2) is 7.15. The molecule has 0 N–H and O–H groups in total. The average molecular weight is 360 g/mol. The fraction of sp³-hybridized carbons (Fsp3) is 0.238. The summed E-state index contributed by atoms with van der Waals surface area (Å²) in [6, 6.07) is 15.5. The van der Waals surface area contributed by atoms with Gasteiger partial charge < -0.3 is 4.90 Å². The van der Waals surface area contributed by atoms with Gasteiger partial charge in [-0.15, -0.1) is 5.10 Å². The first-order valence-corrected chi connectivity index (χ1v) is 9.06. The quantitative estimate of drug-likeness (QED) is 0.500. The van der Waals surface area contributed by atoms with E-state index >= 15 is 0 Å². The number of ketones is 1. The molecule has 4 rings (SSSR count). The summed E-state index contributed by atoms with van der Waals surface area (Å²) in [5.74, 6) is -0.833. The molecule has 2 heterocycles. The monoisotopic (exact) mass is 360 g/mol. The Morgan fingerprint density at radius 3 is 2.56 bits per heavy atom. The van der Waals surface area contributed by atoms with E-state index in [1.165, 1.54) is 0 Å². The van der Waals surface area contributed by atoms with Crippen LogP contribution in [0.5, 0.6) is 0 Å². The first-order valence-electron chi connectivity index (χ1n) is 9.06. The summed E-state index contributed by atoms with van der Waals surface area (Å²) < 4.78 is 1.82. The Balaban J connectivity index is 1.34. The molecule has 27 heavy (non-hydrogen) atoms. The maximum Gasteiger partial charge on any atom is 0.299 e. The molecule has 1 aromatic heterocycles. The molecule has 6 nitrogen and oxygen atoms in total. The highest BCUT2D eigenvalue weighted by Gasteiger charge is 2.35. The number of unbranched alkanes of at least 4 members (excludes halogenated alkanes) is 1. The fourth-order valence-electron chi connectivity index (χ4n) is 3.33. The summed E-state index contributed by atoms with van der Waals surface area (Å²) >= 11 is 0. The zero-order chi connectivity index (χ0) is 18.8. The topological polar surface area (TPSA) is 68.1 Å². The number of aromatic nitrogens is 3. The largest absolute Gasteiger partial charge is 0.305 e. The minimum atomic E-state index is -0.428. The zero-order valence-corrected chi connectivity index (χ0v) is 15.1. The molecule has 1 aliphatic heterocycles. The molecule has 0 saturated carbocycles. The van der Waals surface area contributed by atoms with E-state index in [4.69, 9.17) is 0 Å². The van der Waals surface area contributed by atoms with Crippen LogP contribution >= 0.6 is 0 Å². The number of hydrogen-bond acceptors (Lipinski definition) is 4. The fourth-order valence-corrected chi connectivity index (χ4v) is 3.33. The molecule has 0 bridgehead atoms. The zero-order valence-electron chi connectivity index (χ0n) is 15.1. The van der Waals surface area contributed by atoms with Crippen molar-refractivity contribution in [2.24, 2.45) is 0 Å². The number of hydrogen-bond donors (Lipinski definition) is 0. The van der Waals surface area contributed by atoms with Crippen molar-refractivity contribution in [3.05, 3.63) is 65.9 Å². The number of fused-ring (bicyclic) bond motifs is 1. The van der Waals surface area contributed by atoms with Gasteiger partial charge in [-0.25, -0.2) is 0 Å². The van der Waals surface area contributed by atoms with E-state index in [1.54, 1.807) is 11.0 Å². The molecule has 0 atom stereocenters. The van der Waals surface area contributed by atoms with Crippen LogP contribution in [-0.2, 0) is 11.3 Å². The van der Waals surface area contributed by atoms with E-state index in [9.17, 15) is 9.59 Å². The highest BCUT2D eigenvalue weighted by Crippen LogP contribution is 2.29. The molecule has 2 aromatic carbocycles. The van der Waals surface area contributed by atoms with Crippen LogP contribution in [-0.4, -0.2) is 33.2 Å². The maximum absolute atomic E-state index is 12.2. The highest BCUT2D eigenvalue weighted by molar-refractivity contribution is 6.52. The van der Waals surface area contributed by atoms with Gasteiger partial charge in [0, 0.05) is 18.7 Å². The smallest absolute Gasteiger partial charge is 0.299 e. The summed E-state index contributed by atoms with van der Waals surface area (Å²) in [5, 5.41) is 8.37. The number of Topliss-reactive ketones (excluding diaryl/α,β-unsaturated/α-hetero) is 1. The van der Waals surface area contributed by atoms with E-state index in [0.29, 0.717) is 12.1 Å². The first kappa shape index (κ1) is 17.1. The molecule has 0 saturated heterocycles. The number of rotatable bonds is 6. The molecule has 0 fully saturated rings. The molecule has 6 heteroatoms. The Morgan fingerprint density at radius 2 is 1.74 bits per heavy atom. The van der Waals surface area contributed by atoms with Crippen molar-refractivity contribution in [2.75, 3.05) is 11.4 Å². The van der Waals surface area contributed by atoms with E-state index < -0.39 is 11.7 Å². The number of aryl methyl sites for hydroxylation is 2. The number of amides is 1. The van der Waals surface area contributed by atoms with Crippen molar-refractivity contribution in [3.8, 4) is 11.3 Å². The third-order valence-electron chi connectivity index (χ3n) is 4.75. The molecular formula is C21H20N4O2. The number of anilines is 1. The summed E-state index contributed by atoms with van der Waals surface area (Å²) in [4.78, 5) is 26.0. The Morgan fingerprint density at radius 1 is 0.963 bits per heavy atom. The molecule has 1 amide bonds. The van der Waals surface area contributed by atoms with Gasteiger partial charge >= 0.3 is 0 Å². The lowest BCUT2D eigenvalue weighted by Crippen LogP contribution is -2.30. The van der Waals surface area contributed by atoms with Crippen molar-refractivity contribution >= 4 is 17.4 Å². The van der Waals surface area contributed by atoms with E-state index in [0.717, 1.165) is 41.9 Å². The van der Waals surface area contributed by atoms with E-state index in [1.807, 2.05) is 60.3 Å².